The molecule has 1 atom stereocenters. The van der Waals surface area contributed by atoms with Gasteiger partial charge in [-0.2, -0.15) is 0 Å². The second kappa shape index (κ2) is 5.34. The second-order valence-electron chi connectivity index (χ2n) is 1.78. The Kier molecular flexibility index (Phi) is 5.67. The first-order valence-corrected chi connectivity index (χ1v) is 4.97. The van der Waals surface area contributed by atoms with Crippen LogP contribution in [-0.4, -0.2) is 14.8 Å². The van der Waals surface area contributed by atoms with Gasteiger partial charge >= 0.3 is 0 Å². The molecule has 0 amide bonds. The summed E-state index contributed by atoms with van der Waals surface area (Å²) >= 11 is 3.78. The van der Waals surface area contributed by atoms with Gasteiger partial charge in [-0.15, -0.1) is 0 Å². The maximum absolute atomic E-state index is 6.88. The van der Waals surface area contributed by atoms with E-state index in [-0.39, 0.29) is 5.17 Å². The molecule has 54 valence electrons. The van der Waals surface area contributed by atoms with Gasteiger partial charge < -0.3 is 5.73 Å². The molecule has 0 aromatic rings. The lowest BCUT2D eigenvalue weighted by molar-refractivity contribution is 0.951. The van der Waals surface area contributed by atoms with E-state index in [0.717, 1.165) is 12.2 Å². The fourth-order valence-corrected chi connectivity index (χ4v) is 1.76. The molecule has 3 N–H and O–H groups in total. The van der Waals surface area contributed by atoms with E-state index in [9.17, 15) is 0 Å². The highest BCUT2D eigenvalue weighted by molar-refractivity contribution is 14.1. The van der Waals surface area contributed by atoms with E-state index in [0.29, 0.717) is 3.92 Å². The van der Waals surface area contributed by atoms with Gasteiger partial charge in [0.05, 0.1) is 0 Å². The summed E-state index contributed by atoms with van der Waals surface area (Å²) in [6.07, 6.45) is 1.13. The van der Waals surface area contributed by atoms with Gasteiger partial charge in [0, 0.05) is 9.68 Å². The lowest BCUT2D eigenvalue weighted by Gasteiger charge is -1.99. The van der Waals surface area contributed by atoms with Crippen LogP contribution in [0.1, 0.15) is 13.3 Å². The Bertz CT molecular complexity index is 95.0. The molecule has 0 radical (unpaired) electrons. The van der Waals surface area contributed by atoms with Crippen molar-refractivity contribution in [3.8, 4) is 0 Å². The molecular weight excluding hydrogens is 247 g/mol. The minimum atomic E-state index is 0.229. The van der Waals surface area contributed by atoms with Gasteiger partial charge in [0.1, 0.15) is 0 Å². The van der Waals surface area contributed by atoms with Crippen molar-refractivity contribution in [3.63, 3.8) is 0 Å². The SMILES string of the molecule is CC(I)CCSC(=N)N. The van der Waals surface area contributed by atoms with Crippen LogP contribution >= 0.6 is 34.4 Å². The number of alkyl halides is 1. The van der Waals surface area contributed by atoms with Crippen LogP contribution in [0.3, 0.4) is 0 Å². The number of nitrogens with two attached hydrogens (primary N) is 1. The number of thioether (sulfide) groups is 1. The number of amidine groups is 1. The fourth-order valence-electron chi connectivity index (χ4n) is 0.331. The Balaban J connectivity index is 3.01. The first-order valence-electron chi connectivity index (χ1n) is 2.74. The third-order valence-electron chi connectivity index (χ3n) is 0.773. The average molecular weight is 258 g/mol. The summed E-state index contributed by atoms with van der Waals surface area (Å²) in [6, 6.07) is 0. The smallest absolute Gasteiger partial charge is 0.151 e. The minimum absolute atomic E-state index is 0.229. The third-order valence-corrected chi connectivity index (χ3v) is 2.15. The molecule has 0 saturated heterocycles. The highest BCUT2D eigenvalue weighted by Gasteiger charge is 1.95. The van der Waals surface area contributed by atoms with E-state index in [4.69, 9.17) is 11.1 Å². The van der Waals surface area contributed by atoms with Gasteiger partial charge in [-0.25, -0.2) is 0 Å². The van der Waals surface area contributed by atoms with E-state index in [1.165, 1.54) is 11.8 Å². The van der Waals surface area contributed by atoms with Crippen LogP contribution in [0.5, 0.6) is 0 Å². The summed E-state index contributed by atoms with van der Waals surface area (Å²) in [5.41, 5.74) is 5.12. The Labute approximate surface area is 73.6 Å². The molecule has 0 fully saturated rings. The molecule has 0 aliphatic rings. The van der Waals surface area contributed by atoms with Crippen molar-refractivity contribution in [2.75, 3.05) is 5.75 Å². The van der Waals surface area contributed by atoms with Crippen molar-refractivity contribution in [1.82, 2.24) is 0 Å². The largest absolute Gasteiger partial charge is 0.379 e. The van der Waals surface area contributed by atoms with Gasteiger partial charge in [-0.05, 0) is 6.42 Å². The van der Waals surface area contributed by atoms with Crippen LogP contribution in [0.4, 0.5) is 0 Å². The second-order valence-corrected chi connectivity index (χ2v) is 5.05. The Morgan fingerprint density at radius 3 is 2.78 bits per heavy atom. The van der Waals surface area contributed by atoms with Crippen molar-refractivity contribution in [3.05, 3.63) is 0 Å². The lowest BCUT2D eigenvalue weighted by Crippen LogP contribution is -2.05. The molecule has 9 heavy (non-hydrogen) atoms. The summed E-state index contributed by atoms with van der Waals surface area (Å²) in [6.45, 7) is 2.15. The topological polar surface area (TPSA) is 49.9 Å². The van der Waals surface area contributed by atoms with Gasteiger partial charge in [0.25, 0.3) is 0 Å². The van der Waals surface area contributed by atoms with Gasteiger partial charge in [0.2, 0.25) is 0 Å². The fraction of sp³-hybridized carbons (Fsp3) is 0.800. The lowest BCUT2D eigenvalue weighted by atomic mass is 10.4. The summed E-state index contributed by atoms with van der Waals surface area (Å²) in [5.74, 6) is 0.972. The van der Waals surface area contributed by atoms with Crippen LogP contribution < -0.4 is 5.73 Å². The minimum Gasteiger partial charge on any atom is -0.379 e. The molecule has 0 aliphatic carbocycles. The molecule has 0 aromatic heterocycles. The summed E-state index contributed by atoms with van der Waals surface area (Å²) in [4.78, 5) is 0. The van der Waals surface area contributed by atoms with Crippen molar-refractivity contribution < 1.29 is 0 Å². The van der Waals surface area contributed by atoms with Crippen molar-refractivity contribution in [2.45, 2.75) is 17.3 Å². The van der Waals surface area contributed by atoms with Crippen molar-refractivity contribution in [1.29, 1.82) is 5.41 Å². The Hall–Kier alpha value is 0.550. The molecule has 0 spiro atoms. The van der Waals surface area contributed by atoms with Crippen LogP contribution in [0, 0.1) is 5.41 Å². The van der Waals surface area contributed by atoms with E-state index in [2.05, 4.69) is 29.5 Å². The first-order chi connectivity index (χ1) is 4.13. The van der Waals surface area contributed by atoms with E-state index in [1.54, 1.807) is 0 Å². The molecule has 4 heteroatoms. The maximum Gasteiger partial charge on any atom is 0.151 e. The molecule has 0 aromatic carbocycles. The third kappa shape index (κ3) is 8.55. The monoisotopic (exact) mass is 258 g/mol. The molecule has 0 heterocycles. The van der Waals surface area contributed by atoms with Crippen LogP contribution in [0.2, 0.25) is 0 Å². The zero-order valence-corrected chi connectivity index (χ0v) is 8.33. The quantitative estimate of drug-likeness (QED) is 0.351. The molecule has 2 nitrogen and oxygen atoms in total. The maximum atomic E-state index is 6.88. The van der Waals surface area contributed by atoms with Crippen molar-refractivity contribution in [2.24, 2.45) is 5.73 Å². The summed E-state index contributed by atoms with van der Waals surface area (Å²) in [7, 11) is 0. The average Bonchev–Trinajstić information content (AvgIpc) is 1.63. The normalized spacial score (nSPS) is 13.1. The molecular formula is C5H11IN2S. The molecule has 0 saturated carbocycles. The number of hydrogen-bond acceptors (Lipinski definition) is 2. The van der Waals surface area contributed by atoms with Gasteiger partial charge in [0.15, 0.2) is 5.17 Å². The molecule has 1 unspecified atom stereocenters. The highest BCUT2D eigenvalue weighted by Crippen LogP contribution is 2.09. The van der Waals surface area contributed by atoms with Crippen LogP contribution in [-0.2, 0) is 0 Å². The van der Waals surface area contributed by atoms with Crippen LogP contribution in [0.25, 0.3) is 0 Å². The molecule has 0 rings (SSSR count). The Morgan fingerprint density at radius 2 is 2.44 bits per heavy atom. The predicted molar refractivity (Wildman–Crippen MR) is 52.5 cm³/mol. The van der Waals surface area contributed by atoms with Gasteiger partial charge in [-0.3, -0.25) is 5.41 Å². The summed E-state index contributed by atoms with van der Waals surface area (Å²) < 4.78 is 0.689. The van der Waals surface area contributed by atoms with Crippen molar-refractivity contribution >= 4 is 39.5 Å². The highest BCUT2D eigenvalue weighted by atomic mass is 127. The number of nitrogens with one attached hydrogen (secondary N) is 1. The molecule has 0 aliphatic heterocycles. The Morgan fingerprint density at radius 1 is 1.89 bits per heavy atom. The number of rotatable bonds is 3. The first kappa shape index (κ1) is 9.55. The zero-order chi connectivity index (χ0) is 7.28. The number of hydrogen-bond donors (Lipinski definition) is 2. The predicted octanol–water partition coefficient (Wildman–Crippen LogP) is 1.83. The molecule has 0 bridgehead atoms. The zero-order valence-electron chi connectivity index (χ0n) is 5.36. The number of halogens is 1. The van der Waals surface area contributed by atoms with E-state index < -0.39 is 0 Å². The van der Waals surface area contributed by atoms with E-state index in [1.807, 2.05) is 0 Å². The van der Waals surface area contributed by atoms with E-state index >= 15 is 0 Å². The standard InChI is InChI=1S/C5H11IN2S/c1-4(6)2-3-9-5(7)8/h4H,2-3H2,1H3,(H3,7,8). The van der Waals surface area contributed by atoms with Crippen LogP contribution in [0.15, 0.2) is 0 Å². The van der Waals surface area contributed by atoms with Gasteiger partial charge in [-0.1, -0.05) is 41.3 Å². The summed E-state index contributed by atoms with van der Waals surface area (Å²) in [5, 5.41) is 7.11.